The van der Waals surface area contributed by atoms with Crippen LogP contribution >= 0.6 is 0 Å². The smallest absolute Gasteiger partial charge is 0.292 e. The fourth-order valence-corrected chi connectivity index (χ4v) is 1.26. The van der Waals surface area contributed by atoms with Gasteiger partial charge in [0.05, 0.1) is 11.0 Å². The minimum atomic E-state index is -0.581. The first kappa shape index (κ1) is 12.3. The fraction of sp³-hybridized carbons (Fsp3) is 0.400. The molecule has 0 heterocycles. The Labute approximate surface area is 93.2 Å². The van der Waals surface area contributed by atoms with Crippen molar-refractivity contribution in [2.75, 3.05) is 17.6 Å². The summed E-state index contributed by atoms with van der Waals surface area (Å²) in [5.41, 5.74) is 7.11. The maximum atomic E-state index is 10.8. The number of nitrogens with one attached hydrogen (secondary N) is 1. The number of aliphatic hydroxyl groups is 1. The van der Waals surface area contributed by atoms with E-state index in [1.807, 2.05) is 0 Å². The molecular weight excluding hydrogens is 210 g/mol. The van der Waals surface area contributed by atoms with Crippen molar-refractivity contribution in [3.63, 3.8) is 0 Å². The molecule has 4 N–H and O–H groups in total. The van der Waals surface area contributed by atoms with Crippen LogP contribution in [-0.2, 0) is 0 Å². The van der Waals surface area contributed by atoms with Gasteiger partial charge in [-0.15, -0.1) is 0 Å². The molecule has 0 aliphatic carbocycles. The van der Waals surface area contributed by atoms with Crippen molar-refractivity contribution in [2.24, 2.45) is 0 Å². The monoisotopic (exact) mass is 225 g/mol. The molecule has 1 atom stereocenters. The number of aliphatic hydroxyl groups excluding tert-OH is 1. The zero-order valence-electron chi connectivity index (χ0n) is 9.23. The molecule has 6 nitrogen and oxygen atoms in total. The molecule has 1 aromatic carbocycles. The predicted molar refractivity (Wildman–Crippen MR) is 62.4 cm³/mol. The van der Waals surface area contributed by atoms with Gasteiger partial charge in [-0.05, 0) is 25.5 Å². The van der Waals surface area contributed by atoms with Gasteiger partial charge in [-0.3, -0.25) is 10.1 Å². The van der Waals surface area contributed by atoms with Gasteiger partial charge in [0.25, 0.3) is 5.69 Å². The van der Waals surface area contributed by atoms with Crippen LogP contribution in [0, 0.1) is 17.0 Å². The topological polar surface area (TPSA) is 101 Å². The van der Waals surface area contributed by atoms with E-state index >= 15 is 0 Å². The number of nitrogens with zero attached hydrogens (tertiary/aromatic N) is 1. The summed E-state index contributed by atoms with van der Waals surface area (Å²) in [5.74, 6) is 0. The van der Waals surface area contributed by atoms with E-state index in [-0.39, 0.29) is 12.2 Å². The molecule has 0 unspecified atom stereocenters. The maximum absolute atomic E-state index is 10.8. The molecule has 0 aromatic heterocycles. The Morgan fingerprint density at radius 1 is 1.62 bits per heavy atom. The van der Waals surface area contributed by atoms with Gasteiger partial charge < -0.3 is 16.2 Å². The second-order valence-corrected chi connectivity index (χ2v) is 3.71. The number of nitro benzene ring substituents is 1. The molecule has 6 heteroatoms. The molecule has 0 spiro atoms. The van der Waals surface area contributed by atoms with Crippen LogP contribution in [0.1, 0.15) is 12.5 Å². The molecule has 0 amide bonds. The van der Waals surface area contributed by atoms with E-state index in [4.69, 9.17) is 10.8 Å². The minimum absolute atomic E-state index is 0.0349. The van der Waals surface area contributed by atoms with Crippen LogP contribution < -0.4 is 11.1 Å². The van der Waals surface area contributed by atoms with Gasteiger partial charge in [0.15, 0.2) is 0 Å². The van der Waals surface area contributed by atoms with E-state index in [2.05, 4.69) is 5.32 Å². The van der Waals surface area contributed by atoms with Gasteiger partial charge >= 0.3 is 0 Å². The second kappa shape index (κ2) is 4.80. The van der Waals surface area contributed by atoms with Crippen LogP contribution in [-0.4, -0.2) is 22.7 Å². The molecule has 0 aliphatic heterocycles. The highest BCUT2D eigenvalue weighted by atomic mass is 16.6. The zero-order valence-corrected chi connectivity index (χ0v) is 9.23. The van der Waals surface area contributed by atoms with Crippen molar-refractivity contribution < 1.29 is 10.0 Å². The summed E-state index contributed by atoms with van der Waals surface area (Å²) in [5, 5.41) is 22.7. The maximum Gasteiger partial charge on any atom is 0.292 e. The van der Waals surface area contributed by atoms with Crippen molar-refractivity contribution in [1.82, 2.24) is 0 Å². The van der Waals surface area contributed by atoms with Crippen molar-refractivity contribution in [1.29, 1.82) is 0 Å². The molecule has 1 aromatic rings. The number of nitro groups is 1. The van der Waals surface area contributed by atoms with Gasteiger partial charge in [0.1, 0.15) is 5.69 Å². The third-order valence-electron chi connectivity index (χ3n) is 2.17. The minimum Gasteiger partial charge on any atom is -0.398 e. The van der Waals surface area contributed by atoms with Crippen LogP contribution in [0.15, 0.2) is 12.1 Å². The van der Waals surface area contributed by atoms with Crippen LogP contribution in [0.5, 0.6) is 0 Å². The third-order valence-corrected chi connectivity index (χ3v) is 2.17. The number of hydrogen-bond acceptors (Lipinski definition) is 5. The number of benzene rings is 1. The predicted octanol–water partition coefficient (Wildman–Crippen LogP) is 1.28. The van der Waals surface area contributed by atoms with E-state index in [9.17, 15) is 10.1 Å². The Hall–Kier alpha value is -1.82. The number of anilines is 2. The summed E-state index contributed by atoms with van der Waals surface area (Å²) in [7, 11) is 0. The molecule has 1 rings (SSSR count). The van der Waals surface area contributed by atoms with E-state index in [1.54, 1.807) is 13.8 Å². The first-order chi connectivity index (χ1) is 7.41. The highest BCUT2D eigenvalue weighted by Crippen LogP contribution is 2.29. The SMILES string of the molecule is Cc1cc([N+](=O)[O-])c(NC[C@H](C)O)cc1N. The van der Waals surface area contributed by atoms with Gasteiger partial charge in [0.2, 0.25) is 0 Å². The quantitative estimate of drug-likeness (QED) is 0.407. The Balaban J connectivity index is 3.05. The molecule has 0 saturated carbocycles. The summed E-state index contributed by atoms with van der Waals surface area (Å²) in [6.45, 7) is 3.54. The summed E-state index contributed by atoms with van der Waals surface area (Å²) >= 11 is 0. The summed E-state index contributed by atoms with van der Waals surface area (Å²) < 4.78 is 0. The number of aryl methyl sites for hydroxylation is 1. The molecule has 88 valence electrons. The van der Waals surface area contributed by atoms with Gasteiger partial charge in [0, 0.05) is 18.3 Å². The van der Waals surface area contributed by atoms with E-state index < -0.39 is 11.0 Å². The lowest BCUT2D eigenvalue weighted by atomic mass is 10.1. The van der Waals surface area contributed by atoms with Gasteiger partial charge in [-0.2, -0.15) is 0 Å². The lowest BCUT2D eigenvalue weighted by Gasteiger charge is -2.10. The molecule has 0 fully saturated rings. The number of hydrogen-bond donors (Lipinski definition) is 3. The molecule has 0 aliphatic rings. The summed E-state index contributed by atoms with van der Waals surface area (Å²) in [6.07, 6.45) is -0.581. The highest BCUT2D eigenvalue weighted by molar-refractivity contribution is 5.70. The van der Waals surface area contributed by atoms with E-state index in [1.165, 1.54) is 12.1 Å². The Bertz CT molecular complexity index is 405. The first-order valence-corrected chi connectivity index (χ1v) is 4.88. The van der Waals surface area contributed by atoms with E-state index in [0.29, 0.717) is 16.9 Å². The number of rotatable bonds is 4. The van der Waals surface area contributed by atoms with Crippen LogP contribution in [0.3, 0.4) is 0 Å². The largest absolute Gasteiger partial charge is 0.398 e. The summed E-state index contributed by atoms with van der Waals surface area (Å²) in [6, 6.07) is 2.93. The molecular formula is C10H15N3O3. The van der Waals surface area contributed by atoms with Crippen LogP contribution in [0.25, 0.3) is 0 Å². The number of nitrogen functional groups attached to an aromatic ring is 1. The lowest BCUT2D eigenvalue weighted by molar-refractivity contribution is -0.384. The third kappa shape index (κ3) is 2.83. The van der Waals surface area contributed by atoms with Crippen molar-refractivity contribution >= 4 is 17.1 Å². The normalized spacial score (nSPS) is 12.2. The zero-order chi connectivity index (χ0) is 12.3. The fourth-order valence-electron chi connectivity index (χ4n) is 1.26. The average molecular weight is 225 g/mol. The molecule has 0 saturated heterocycles. The Morgan fingerprint density at radius 2 is 2.25 bits per heavy atom. The second-order valence-electron chi connectivity index (χ2n) is 3.71. The standard InChI is InChI=1S/C10H15N3O3/c1-6-3-10(13(15)16)9(4-8(6)11)12-5-7(2)14/h3-4,7,12,14H,5,11H2,1-2H3/t7-/m0/s1. The number of nitrogens with two attached hydrogens (primary N) is 1. The lowest BCUT2D eigenvalue weighted by Crippen LogP contribution is -2.16. The molecule has 16 heavy (non-hydrogen) atoms. The molecule has 0 bridgehead atoms. The van der Waals surface area contributed by atoms with Crippen molar-refractivity contribution in [3.8, 4) is 0 Å². The Morgan fingerprint density at radius 3 is 2.75 bits per heavy atom. The van der Waals surface area contributed by atoms with Gasteiger partial charge in [-0.1, -0.05) is 0 Å². The molecule has 0 radical (unpaired) electrons. The summed E-state index contributed by atoms with van der Waals surface area (Å²) in [4.78, 5) is 10.3. The first-order valence-electron chi connectivity index (χ1n) is 4.88. The van der Waals surface area contributed by atoms with Gasteiger partial charge in [-0.25, -0.2) is 0 Å². The van der Waals surface area contributed by atoms with Crippen LogP contribution in [0.2, 0.25) is 0 Å². The average Bonchev–Trinajstić information content (AvgIpc) is 2.18. The van der Waals surface area contributed by atoms with Crippen molar-refractivity contribution in [2.45, 2.75) is 20.0 Å². The highest BCUT2D eigenvalue weighted by Gasteiger charge is 2.15. The van der Waals surface area contributed by atoms with Crippen molar-refractivity contribution in [3.05, 3.63) is 27.8 Å². The van der Waals surface area contributed by atoms with E-state index in [0.717, 1.165) is 0 Å². The Kier molecular flexibility index (Phi) is 3.68. The van der Waals surface area contributed by atoms with Crippen LogP contribution in [0.4, 0.5) is 17.1 Å².